The minimum absolute atomic E-state index is 0.0447. The Labute approximate surface area is 141 Å². The number of carbonyl (C=O) groups is 1. The van der Waals surface area contributed by atoms with Gasteiger partial charge in [0, 0.05) is 19.2 Å². The Morgan fingerprint density at radius 3 is 2.88 bits per heavy atom. The predicted molar refractivity (Wildman–Crippen MR) is 84.6 cm³/mol. The fraction of sp³-hybridized carbons (Fsp3) is 0.643. The number of nitrogens with two attached hydrogens (primary N) is 1. The normalized spacial score (nSPS) is 21.5. The van der Waals surface area contributed by atoms with Gasteiger partial charge in [-0.2, -0.15) is 18.2 Å². The number of anilines is 1. The third-order valence-electron chi connectivity index (χ3n) is 3.99. The van der Waals surface area contributed by atoms with Crippen LogP contribution < -0.4 is 16.6 Å². The molecule has 1 aromatic rings. The first-order chi connectivity index (χ1) is 11.2. The van der Waals surface area contributed by atoms with Gasteiger partial charge in [-0.3, -0.25) is 9.59 Å². The molecule has 0 aliphatic heterocycles. The number of amides is 1. The number of hydrogen-bond donors (Lipinski definition) is 2. The van der Waals surface area contributed by atoms with Crippen molar-refractivity contribution in [3.63, 3.8) is 0 Å². The molecule has 1 heterocycles. The fourth-order valence-electron chi connectivity index (χ4n) is 2.68. The van der Waals surface area contributed by atoms with Gasteiger partial charge >= 0.3 is 6.18 Å². The highest BCUT2D eigenvalue weighted by molar-refractivity contribution is 7.99. The zero-order chi connectivity index (χ0) is 17.9. The van der Waals surface area contributed by atoms with E-state index in [1.54, 1.807) is 7.05 Å². The van der Waals surface area contributed by atoms with Crippen LogP contribution in [0.25, 0.3) is 0 Å². The van der Waals surface area contributed by atoms with Gasteiger partial charge in [0.25, 0.3) is 5.56 Å². The minimum atomic E-state index is -4.22. The van der Waals surface area contributed by atoms with Gasteiger partial charge in [-0.1, -0.05) is 18.2 Å². The number of nitrogens with one attached hydrogen (secondary N) is 1. The molecule has 1 aliphatic carbocycles. The molecule has 3 N–H and O–H groups in total. The van der Waals surface area contributed by atoms with Crippen molar-refractivity contribution in [1.82, 2.24) is 14.9 Å². The van der Waals surface area contributed by atoms with Crippen molar-refractivity contribution in [2.75, 3.05) is 11.5 Å². The second-order valence-electron chi connectivity index (χ2n) is 5.82. The minimum Gasteiger partial charge on any atom is -0.385 e. The lowest BCUT2D eigenvalue weighted by atomic mass is 9.85. The zero-order valence-corrected chi connectivity index (χ0v) is 13.9. The summed E-state index contributed by atoms with van der Waals surface area (Å²) in [5.41, 5.74) is 5.13. The van der Waals surface area contributed by atoms with E-state index in [2.05, 4.69) is 10.3 Å². The molecule has 24 heavy (non-hydrogen) atoms. The van der Waals surface area contributed by atoms with Crippen LogP contribution in [-0.4, -0.2) is 33.4 Å². The molecule has 10 heteroatoms. The van der Waals surface area contributed by atoms with E-state index in [-0.39, 0.29) is 35.5 Å². The van der Waals surface area contributed by atoms with E-state index < -0.39 is 23.7 Å². The highest BCUT2D eigenvalue weighted by Crippen LogP contribution is 2.37. The Morgan fingerprint density at radius 2 is 2.21 bits per heavy atom. The average molecular weight is 364 g/mol. The van der Waals surface area contributed by atoms with Gasteiger partial charge < -0.3 is 15.6 Å². The number of nitrogen functional groups attached to an aromatic ring is 1. The van der Waals surface area contributed by atoms with Crippen molar-refractivity contribution in [2.45, 2.75) is 43.1 Å². The fourth-order valence-corrected chi connectivity index (χ4v) is 3.48. The molecule has 1 fully saturated rings. The molecule has 6 nitrogen and oxygen atoms in total. The molecular weight excluding hydrogens is 345 g/mol. The van der Waals surface area contributed by atoms with Gasteiger partial charge in [0.15, 0.2) is 5.16 Å². The molecule has 0 spiro atoms. The number of thioether (sulfide) groups is 1. The van der Waals surface area contributed by atoms with E-state index in [4.69, 9.17) is 5.73 Å². The maximum atomic E-state index is 12.8. The first kappa shape index (κ1) is 18.6. The van der Waals surface area contributed by atoms with Gasteiger partial charge in [0.1, 0.15) is 5.82 Å². The van der Waals surface area contributed by atoms with Crippen molar-refractivity contribution in [3.8, 4) is 0 Å². The standard InChI is InChI=1S/C14H19F3N4O2S/c1-21-10(18)6-11(22)20-13(21)24-7-12(23)19-9-4-2-3-8(5-9)14(15,16)17/h6,8-9H,2-5,7,18H2,1H3,(H,19,23). The van der Waals surface area contributed by atoms with Crippen LogP contribution in [0.1, 0.15) is 25.7 Å². The third-order valence-corrected chi connectivity index (χ3v) is 5.02. The van der Waals surface area contributed by atoms with Crippen molar-refractivity contribution in [3.05, 3.63) is 16.4 Å². The largest absolute Gasteiger partial charge is 0.391 e. The summed E-state index contributed by atoms with van der Waals surface area (Å²) >= 11 is 1.02. The van der Waals surface area contributed by atoms with E-state index in [1.807, 2.05) is 0 Å². The Hall–Kier alpha value is -1.71. The molecule has 0 aromatic carbocycles. The van der Waals surface area contributed by atoms with E-state index in [0.29, 0.717) is 12.8 Å². The summed E-state index contributed by atoms with van der Waals surface area (Å²) in [5, 5.41) is 2.92. The second kappa shape index (κ2) is 7.45. The topological polar surface area (TPSA) is 90.0 Å². The molecular formula is C14H19F3N4O2S. The number of nitrogens with zero attached hydrogens (tertiary/aromatic N) is 2. The first-order valence-corrected chi connectivity index (χ1v) is 8.48. The van der Waals surface area contributed by atoms with Crippen LogP contribution in [-0.2, 0) is 11.8 Å². The Morgan fingerprint density at radius 1 is 1.50 bits per heavy atom. The molecule has 1 saturated carbocycles. The number of alkyl halides is 3. The molecule has 2 rings (SSSR count). The van der Waals surface area contributed by atoms with E-state index in [9.17, 15) is 22.8 Å². The molecule has 2 unspecified atom stereocenters. The van der Waals surface area contributed by atoms with Crippen LogP contribution in [0.2, 0.25) is 0 Å². The quantitative estimate of drug-likeness (QED) is 0.627. The Balaban J connectivity index is 1.89. The summed E-state index contributed by atoms with van der Waals surface area (Å²) < 4.78 is 39.8. The van der Waals surface area contributed by atoms with Gasteiger partial charge in [-0.05, 0) is 19.3 Å². The molecule has 2 atom stereocenters. The average Bonchev–Trinajstić information content (AvgIpc) is 2.49. The van der Waals surface area contributed by atoms with Gasteiger partial charge in [0.05, 0.1) is 11.7 Å². The van der Waals surface area contributed by atoms with E-state index in [1.165, 1.54) is 10.6 Å². The number of aromatic nitrogens is 2. The van der Waals surface area contributed by atoms with Crippen molar-refractivity contribution < 1.29 is 18.0 Å². The number of carbonyl (C=O) groups excluding carboxylic acids is 1. The summed E-state index contributed by atoms with van der Waals surface area (Å²) in [6.45, 7) is 0. The van der Waals surface area contributed by atoms with Crippen LogP contribution in [0.5, 0.6) is 0 Å². The molecule has 0 bridgehead atoms. The van der Waals surface area contributed by atoms with Crippen LogP contribution in [0.3, 0.4) is 0 Å². The SMILES string of the molecule is Cn1c(N)cc(=O)nc1SCC(=O)NC1CCCC(C(F)(F)F)C1. The lowest BCUT2D eigenvalue weighted by Crippen LogP contribution is -2.42. The monoisotopic (exact) mass is 364 g/mol. The van der Waals surface area contributed by atoms with Crippen LogP contribution in [0.15, 0.2) is 16.0 Å². The Kier molecular flexibility index (Phi) is 5.79. The molecule has 1 aliphatic rings. The van der Waals surface area contributed by atoms with Crippen LogP contribution in [0, 0.1) is 5.92 Å². The number of hydrogen-bond acceptors (Lipinski definition) is 5. The lowest BCUT2D eigenvalue weighted by Gasteiger charge is -2.31. The van der Waals surface area contributed by atoms with E-state index >= 15 is 0 Å². The molecule has 0 saturated heterocycles. The molecule has 1 aromatic heterocycles. The predicted octanol–water partition coefficient (Wildman–Crippen LogP) is 1.69. The van der Waals surface area contributed by atoms with Gasteiger partial charge in [-0.15, -0.1) is 0 Å². The van der Waals surface area contributed by atoms with Crippen molar-refractivity contribution in [2.24, 2.45) is 13.0 Å². The summed E-state index contributed by atoms with van der Waals surface area (Å²) in [5.74, 6) is -1.57. The second-order valence-corrected chi connectivity index (χ2v) is 6.76. The smallest absolute Gasteiger partial charge is 0.385 e. The molecule has 134 valence electrons. The highest BCUT2D eigenvalue weighted by Gasteiger charge is 2.42. The van der Waals surface area contributed by atoms with Crippen molar-refractivity contribution >= 4 is 23.5 Å². The number of halogens is 3. The summed E-state index contributed by atoms with van der Waals surface area (Å²) in [6.07, 6.45) is -3.22. The number of rotatable bonds is 4. The van der Waals surface area contributed by atoms with E-state index in [0.717, 1.165) is 11.8 Å². The third kappa shape index (κ3) is 4.89. The molecule has 0 radical (unpaired) electrons. The first-order valence-electron chi connectivity index (χ1n) is 7.49. The van der Waals surface area contributed by atoms with Gasteiger partial charge in [-0.25, -0.2) is 0 Å². The highest BCUT2D eigenvalue weighted by atomic mass is 32.2. The molecule has 1 amide bonds. The zero-order valence-electron chi connectivity index (χ0n) is 13.1. The Bertz CT molecular complexity index is 662. The maximum Gasteiger partial charge on any atom is 0.391 e. The summed E-state index contributed by atoms with van der Waals surface area (Å²) in [4.78, 5) is 27.1. The maximum absolute atomic E-state index is 12.8. The van der Waals surface area contributed by atoms with Crippen LogP contribution in [0.4, 0.5) is 19.0 Å². The lowest BCUT2D eigenvalue weighted by molar-refractivity contribution is -0.184. The summed E-state index contributed by atoms with van der Waals surface area (Å²) in [6, 6.07) is 0.694. The van der Waals surface area contributed by atoms with Crippen LogP contribution >= 0.6 is 11.8 Å². The van der Waals surface area contributed by atoms with Gasteiger partial charge in [0.2, 0.25) is 5.91 Å². The van der Waals surface area contributed by atoms with Crippen molar-refractivity contribution in [1.29, 1.82) is 0 Å². The summed E-state index contributed by atoms with van der Waals surface area (Å²) in [7, 11) is 1.61.